The molecule has 1 aromatic heterocycles. The molecule has 100 valence electrons. The molecule has 1 fully saturated rings. The van der Waals surface area contributed by atoms with Crippen LogP contribution in [0, 0.1) is 0 Å². The zero-order valence-electron chi connectivity index (χ0n) is 10.7. The molecule has 1 aliphatic rings. The van der Waals surface area contributed by atoms with E-state index in [0.717, 1.165) is 19.4 Å². The highest BCUT2D eigenvalue weighted by Gasteiger charge is 2.32. The highest BCUT2D eigenvalue weighted by Crippen LogP contribution is 2.20. The van der Waals surface area contributed by atoms with Crippen molar-refractivity contribution in [2.24, 2.45) is 0 Å². The number of nitrogens with one attached hydrogen (secondary N) is 2. The molecule has 1 unspecified atom stereocenters. The van der Waals surface area contributed by atoms with Crippen molar-refractivity contribution in [2.45, 2.75) is 32.2 Å². The van der Waals surface area contributed by atoms with Crippen LogP contribution in [-0.2, 0) is 4.74 Å². The number of hydrogen-bond acceptors (Lipinski definition) is 6. The van der Waals surface area contributed by atoms with Gasteiger partial charge in [0, 0.05) is 13.2 Å². The van der Waals surface area contributed by atoms with Crippen LogP contribution in [-0.4, -0.2) is 41.4 Å². The van der Waals surface area contributed by atoms with Gasteiger partial charge in [-0.15, -0.1) is 10.2 Å². The molecule has 1 amide bonds. The number of amides is 1. The van der Waals surface area contributed by atoms with Crippen molar-refractivity contribution >= 4 is 22.4 Å². The third kappa shape index (κ3) is 3.17. The summed E-state index contributed by atoms with van der Waals surface area (Å²) in [6.07, 6.45) is 1.84. The predicted octanol–water partition coefficient (Wildman–Crippen LogP) is 1.27. The Labute approximate surface area is 110 Å². The Kier molecular flexibility index (Phi) is 4.13. The van der Waals surface area contributed by atoms with Gasteiger partial charge in [-0.05, 0) is 19.8 Å². The molecule has 6 nitrogen and oxygen atoms in total. The maximum Gasteiger partial charge on any atom is 0.282 e. The maximum absolute atomic E-state index is 12.0. The number of rotatable bonds is 5. The average Bonchev–Trinajstić information content (AvgIpc) is 2.95. The first kappa shape index (κ1) is 13.2. The topological polar surface area (TPSA) is 76.1 Å². The molecule has 0 spiro atoms. The molecule has 7 heteroatoms. The summed E-state index contributed by atoms with van der Waals surface area (Å²) < 4.78 is 5.30. The number of carbonyl (C=O) groups is 1. The standard InChI is InChI=1S/C11H18N4O2S/c1-3-5-12-10-15-14-9(18-10)8(16)13-11(2)4-6-17-7-11/h3-7H2,1-2H3,(H,12,15)(H,13,16). The van der Waals surface area contributed by atoms with Crippen molar-refractivity contribution in [1.29, 1.82) is 0 Å². The van der Waals surface area contributed by atoms with Gasteiger partial charge in [0.1, 0.15) is 0 Å². The molecular formula is C11H18N4O2S. The number of hydrogen-bond donors (Lipinski definition) is 2. The Morgan fingerprint density at radius 2 is 2.39 bits per heavy atom. The summed E-state index contributed by atoms with van der Waals surface area (Å²) in [6, 6.07) is 0. The van der Waals surface area contributed by atoms with E-state index in [0.29, 0.717) is 23.4 Å². The van der Waals surface area contributed by atoms with Crippen LogP contribution in [0.15, 0.2) is 0 Å². The van der Waals surface area contributed by atoms with Gasteiger partial charge in [0.05, 0.1) is 12.1 Å². The van der Waals surface area contributed by atoms with Gasteiger partial charge in [-0.2, -0.15) is 0 Å². The molecule has 0 saturated carbocycles. The lowest BCUT2D eigenvalue weighted by atomic mass is 10.0. The van der Waals surface area contributed by atoms with Gasteiger partial charge in [0.15, 0.2) is 0 Å². The van der Waals surface area contributed by atoms with Gasteiger partial charge in [0.25, 0.3) is 5.91 Å². The third-order valence-corrected chi connectivity index (χ3v) is 3.66. The monoisotopic (exact) mass is 270 g/mol. The van der Waals surface area contributed by atoms with Crippen molar-refractivity contribution in [1.82, 2.24) is 15.5 Å². The Balaban J connectivity index is 1.94. The minimum absolute atomic E-state index is 0.176. The summed E-state index contributed by atoms with van der Waals surface area (Å²) in [5.74, 6) is -0.176. The van der Waals surface area contributed by atoms with Gasteiger partial charge in [-0.1, -0.05) is 18.3 Å². The van der Waals surface area contributed by atoms with E-state index < -0.39 is 0 Å². The highest BCUT2D eigenvalue weighted by atomic mass is 32.1. The number of nitrogens with zero attached hydrogens (tertiary/aromatic N) is 2. The first-order valence-corrected chi connectivity index (χ1v) is 6.92. The summed E-state index contributed by atoms with van der Waals surface area (Å²) in [5, 5.41) is 15.0. The molecule has 1 saturated heterocycles. The van der Waals surface area contributed by atoms with E-state index in [1.807, 2.05) is 6.92 Å². The van der Waals surface area contributed by atoms with Crippen molar-refractivity contribution in [3.63, 3.8) is 0 Å². The van der Waals surface area contributed by atoms with Gasteiger partial charge >= 0.3 is 0 Å². The quantitative estimate of drug-likeness (QED) is 0.842. The Morgan fingerprint density at radius 3 is 3.06 bits per heavy atom. The summed E-state index contributed by atoms with van der Waals surface area (Å²) in [6.45, 7) is 6.13. The molecular weight excluding hydrogens is 252 g/mol. The zero-order valence-corrected chi connectivity index (χ0v) is 11.5. The Morgan fingerprint density at radius 1 is 1.56 bits per heavy atom. The maximum atomic E-state index is 12.0. The average molecular weight is 270 g/mol. The second-order valence-electron chi connectivity index (χ2n) is 4.66. The Hall–Kier alpha value is -1.21. The van der Waals surface area contributed by atoms with Crippen molar-refractivity contribution in [2.75, 3.05) is 25.1 Å². The minimum Gasteiger partial charge on any atom is -0.379 e. The summed E-state index contributed by atoms with van der Waals surface area (Å²) in [4.78, 5) is 12.0. The number of carbonyl (C=O) groups excluding carboxylic acids is 1. The van der Waals surface area contributed by atoms with Crippen LogP contribution in [0.3, 0.4) is 0 Å². The summed E-state index contributed by atoms with van der Waals surface area (Å²) >= 11 is 1.28. The van der Waals surface area contributed by atoms with Gasteiger partial charge in [-0.3, -0.25) is 4.79 Å². The first-order chi connectivity index (χ1) is 8.63. The fraction of sp³-hybridized carbons (Fsp3) is 0.727. The van der Waals surface area contributed by atoms with E-state index in [2.05, 4.69) is 27.8 Å². The van der Waals surface area contributed by atoms with Crippen LogP contribution in [0.5, 0.6) is 0 Å². The first-order valence-electron chi connectivity index (χ1n) is 6.10. The lowest BCUT2D eigenvalue weighted by Crippen LogP contribution is -2.46. The smallest absolute Gasteiger partial charge is 0.282 e. The lowest BCUT2D eigenvalue weighted by Gasteiger charge is -2.22. The van der Waals surface area contributed by atoms with Crippen LogP contribution >= 0.6 is 11.3 Å². The van der Waals surface area contributed by atoms with Gasteiger partial charge in [-0.25, -0.2) is 0 Å². The molecule has 1 atom stereocenters. The molecule has 2 heterocycles. The molecule has 1 aliphatic heterocycles. The van der Waals surface area contributed by atoms with Gasteiger partial charge < -0.3 is 15.4 Å². The fourth-order valence-electron chi connectivity index (χ4n) is 1.71. The molecule has 0 radical (unpaired) electrons. The lowest BCUT2D eigenvalue weighted by molar-refractivity contribution is 0.0888. The number of ether oxygens (including phenoxy) is 1. The molecule has 1 aromatic rings. The third-order valence-electron chi connectivity index (χ3n) is 2.78. The van der Waals surface area contributed by atoms with E-state index in [9.17, 15) is 4.79 Å². The van der Waals surface area contributed by atoms with E-state index >= 15 is 0 Å². The summed E-state index contributed by atoms with van der Waals surface area (Å²) in [5.41, 5.74) is -0.278. The van der Waals surface area contributed by atoms with Crippen LogP contribution < -0.4 is 10.6 Å². The van der Waals surface area contributed by atoms with Crippen LogP contribution in [0.4, 0.5) is 5.13 Å². The normalized spacial score (nSPS) is 23.0. The molecule has 2 N–H and O–H groups in total. The van der Waals surface area contributed by atoms with Crippen molar-refractivity contribution in [3.8, 4) is 0 Å². The molecule has 2 rings (SSSR count). The van der Waals surface area contributed by atoms with E-state index in [-0.39, 0.29) is 11.4 Å². The highest BCUT2D eigenvalue weighted by molar-refractivity contribution is 7.17. The SMILES string of the molecule is CCCNc1nnc(C(=O)NC2(C)CCOC2)s1. The van der Waals surface area contributed by atoms with Crippen molar-refractivity contribution < 1.29 is 9.53 Å². The zero-order chi connectivity index (χ0) is 13.0. The second-order valence-corrected chi connectivity index (χ2v) is 5.63. The number of anilines is 1. The van der Waals surface area contributed by atoms with Gasteiger partial charge in [0.2, 0.25) is 10.1 Å². The van der Waals surface area contributed by atoms with Crippen LogP contribution in [0.25, 0.3) is 0 Å². The van der Waals surface area contributed by atoms with E-state index in [1.54, 1.807) is 0 Å². The second kappa shape index (κ2) is 5.62. The predicted molar refractivity (Wildman–Crippen MR) is 70.0 cm³/mol. The van der Waals surface area contributed by atoms with Crippen molar-refractivity contribution in [3.05, 3.63) is 5.01 Å². The minimum atomic E-state index is -0.278. The molecule has 0 aliphatic carbocycles. The fourth-order valence-corrected chi connectivity index (χ4v) is 2.38. The largest absolute Gasteiger partial charge is 0.379 e. The van der Waals surface area contributed by atoms with E-state index in [4.69, 9.17) is 4.74 Å². The number of aromatic nitrogens is 2. The van der Waals surface area contributed by atoms with Crippen LogP contribution in [0.2, 0.25) is 0 Å². The van der Waals surface area contributed by atoms with Crippen LogP contribution in [0.1, 0.15) is 36.5 Å². The van der Waals surface area contributed by atoms with E-state index in [1.165, 1.54) is 11.3 Å². The summed E-state index contributed by atoms with van der Waals surface area (Å²) in [7, 11) is 0. The Bertz CT molecular complexity index is 415. The molecule has 0 aromatic carbocycles. The molecule has 0 bridgehead atoms. The molecule has 18 heavy (non-hydrogen) atoms.